The van der Waals surface area contributed by atoms with Crippen molar-refractivity contribution in [3.8, 4) is 0 Å². The van der Waals surface area contributed by atoms with Gasteiger partial charge in [0.1, 0.15) is 5.82 Å². The van der Waals surface area contributed by atoms with E-state index in [0.29, 0.717) is 11.5 Å². The monoisotopic (exact) mass is 286 g/mol. The van der Waals surface area contributed by atoms with E-state index in [-0.39, 0.29) is 11.9 Å². The summed E-state index contributed by atoms with van der Waals surface area (Å²) < 4.78 is 13.7. The minimum absolute atomic E-state index is 0.0926. The molecule has 2 nitrogen and oxygen atoms in total. The molecule has 0 heterocycles. The summed E-state index contributed by atoms with van der Waals surface area (Å²) in [6.45, 7) is 6.11. The van der Waals surface area contributed by atoms with Crippen molar-refractivity contribution in [3.63, 3.8) is 0 Å². The van der Waals surface area contributed by atoms with Crippen molar-refractivity contribution in [1.82, 2.24) is 5.43 Å². The van der Waals surface area contributed by atoms with Gasteiger partial charge in [0, 0.05) is 0 Å². The molecule has 0 aliphatic rings. The molecular formula is C18H23FN2. The van der Waals surface area contributed by atoms with Crippen LogP contribution in [-0.2, 0) is 6.42 Å². The maximum Gasteiger partial charge on any atom is 0.126 e. The highest BCUT2D eigenvalue weighted by molar-refractivity contribution is 5.29. The number of nitrogens with two attached hydrogens (primary N) is 1. The molecule has 112 valence electrons. The Morgan fingerprint density at radius 3 is 2.19 bits per heavy atom. The molecule has 1 unspecified atom stereocenters. The summed E-state index contributed by atoms with van der Waals surface area (Å²) in [4.78, 5) is 0. The van der Waals surface area contributed by atoms with Crippen LogP contribution in [0.1, 0.15) is 48.1 Å². The zero-order valence-electron chi connectivity index (χ0n) is 12.9. The van der Waals surface area contributed by atoms with E-state index < -0.39 is 0 Å². The van der Waals surface area contributed by atoms with Crippen molar-refractivity contribution in [2.75, 3.05) is 0 Å². The number of hydrogen-bond acceptors (Lipinski definition) is 2. The minimum atomic E-state index is -0.192. The lowest BCUT2D eigenvalue weighted by Gasteiger charge is -2.17. The fourth-order valence-corrected chi connectivity index (χ4v) is 2.37. The average molecular weight is 286 g/mol. The molecule has 1 atom stereocenters. The van der Waals surface area contributed by atoms with Gasteiger partial charge in [-0.05, 0) is 47.6 Å². The fraction of sp³-hybridized carbons (Fsp3) is 0.333. The molecule has 0 fully saturated rings. The number of rotatable bonds is 5. The van der Waals surface area contributed by atoms with Gasteiger partial charge in [-0.2, -0.15) is 0 Å². The van der Waals surface area contributed by atoms with Gasteiger partial charge in [-0.3, -0.25) is 11.3 Å². The molecular weight excluding hydrogens is 263 g/mol. The van der Waals surface area contributed by atoms with Gasteiger partial charge in [0.25, 0.3) is 0 Å². The summed E-state index contributed by atoms with van der Waals surface area (Å²) in [6.07, 6.45) is 0.734. The summed E-state index contributed by atoms with van der Waals surface area (Å²) >= 11 is 0. The van der Waals surface area contributed by atoms with E-state index in [4.69, 9.17) is 5.84 Å². The molecule has 2 aromatic carbocycles. The molecule has 0 aliphatic carbocycles. The van der Waals surface area contributed by atoms with E-state index in [1.807, 2.05) is 6.07 Å². The van der Waals surface area contributed by atoms with E-state index in [1.54, 1.807) is 19.1 Å². The summed E-state index contributed by atoms with van der Waals surface area (Å²) in [5, 5.41) is 0. The summed E-state index contributed by atoms with van der Waals surface area (Å²) in [6, 6.07) is 13.7. The lowest BCUT2D eigenvalue weighted by molar-refractivity contribution is 0.543. The third-order valence-electron chi connectivity index (χ3n) is 3.89. The van der Waals surface area contributed by atoms with E-state index in [0.717, 1.165) is 12.0 Å². The maximum atomic E-state index is 13.7. The molecule has 0 bridgehead atoms. The second kappa shape index (κ2) is 6.83. The second-order valence-electron chi connectivity index (χ2n) is 5.83. The Balaban J connectivity index is 2.16. The van der Waals surface area contributed by atoms with Crippen LogP contribution < -0.4 is 11.3 Å². The van der Waals surface area contributed by atoms with Crippen LogP contribution in [0.4, 0.5) is 4.39 Å². The average Bonchev–Trinajstić information content (AvgIpc) is 2.48. The Labute approximate surface area is 126 Å². The first-order valence-corrected chi connectivity index (χ1v) is 7.32. The number of halogens is 1. The van der Waals surface area contributed by atoms with Gasteiger partial charge in [-0.1, -0.05) is 50.2 Å². The Morgan fingerprint density at radius 2 is 1.67 bits per heavy atom. The number of nitrogens with one attached hydrogen (secondary N) is 1. The van der Waals surface area contributed by atoms with Crippen LogP contribution in [0.25, 0.3) is 0 Å². The van der Waals surface area contributed by atoms with Gasteiger partial charge >= 0.3 is 0 Å². The van der Waals surface area contributed by atoms with Crippen LogP contribution in [0, 0.1) is 12.7 Å². The van der Waals surface area contributed by atoms with Crippen molar-refractivity contribution in [1.29, 1.82) is 0 Å². The highest BCUT2D eigenvalue weighted by Crippen LogP contribution is 2.22. The molecule has 0 saturated carbocycles. The minimum Gasteiger partial charge on any atom is -0.271 e. The molecule has 0 radical (unpaired) electrons. The van der Waals surface area contributed by atoms with Crippen molar-refractivity contribution in [2.24, 2.45) is 5.84 Å². The first-order chi connectivity index (χ1) is 10.0. The summed E-state index contributed by atoms with van der Waals surface area (Å²) in [5.41, 5.74) is 6.80. The van der Waals surface area contributed by atoms with Gasteiger partial charge in [-0.25, -0.2) is 4.39 Å². The van der Waals surface area contributed by atoms with Crippen molar-refractivity contribution >= 4 is 0 Å². The summed E-state index contributed by atoms with van der Waals surface area (Å²) in [7, 11) is 0. The normalized spacial score (nSPS) is 12.7. The third-order valence-corrected chi connectivity index (χ3v) is 3.89. The first-order valence-electron chi connectivity index (χ1n) is 7.32. The van der Waals surface area contributed by atoms with Crippen molar-refractivity contribution in [3.05, 3.63) is 70.5 Å². The van der Waals surface area contributed by atoms with Crippen LogP contribution in [0.2, 0.25) is 0 Å². The number of hydrogen-bond donors (Lipinski definition) is 2. The zero-order chi connectivity index (χ0) is 15.4. The quantitative estimate of drug-likeness (QED) is 0.644. The highest BCUT2D eigenvalue weighted by atomic mass is 19.1. The molecule has 0 aromatic heterocycles. The lowest BCUT2D eigenvalue weighted by Crippen LogP contribution is -2.29. The molecule has 0 aliphatic heterocycles. The standard InChI is InChI=1S/C18H23FN2/c1-12(2)15-8-5-14(6-9-15)10-18(21-20)16-7-4-13(3)17(19)11-16/h4-9,11-12,18,21H,10,20H2,1-3H3. The van der Waals surface area contributed by atoms with Gasteiger partial charge in [-0.15, -0.1) is 0 Å². The summed E-state index contributed by atoms with van der Waals surface area (Å²) in [5.74, 6) is 5.98. The predicted octanol–water partition coefficient (Wildman–Crippen LogP) is 4.00. The van der Waals surface area contributed by atoms with Crippen LogP contribution in [0.3, 0.4) is 0 Å². The number of benzene rings is 2. The number of aryl methyl sites for hydroxylation is 1. The van der Waals surface area contributed by atoms with E-state index in [9.17, 15) is 4.39 Å². The topological polar surface area (TPSA) is 38.0 Å². The van der Waals surface area contributed by atoms with Crippen molar-refractivity contribution < 1.29 is 4.39 Å². The SMILES string of the molecule is Cc1ccc(C(Cc2ccc(C(C)C)cc2)NN)cc1F. The molecule has 2 rings (SSSR count). The van der Waals surface area contributed by atoms with E-state index >= 15 is 0 Å². The van der Waals surface area contributed by atoms with Crippen LogP contribution in [0.5, 0.6) is 0 Å². The lowest BCUT2D eigenvalue weighted by atomic mass is 9.96. The fourth-order valence-electron chi connectivity index (χ4n) is 2.37. The third kappa shape index (κ3) is 3.90. The van der Waals surface area contributed by atoms with Crippen LogP contribution >= 0.6 is 0 Å². The van der Waals surface area contributed by atoms with Gasteiger partial charge in [0.15, 0.2) is 0 Å². The smallest absolute Gasteiger partial charge is 0.126 e. The molecule has 0 saturated heterocycles. The predicted molar refractivity (Wildman–Crippen MR) is 85.4 cm³/mol. The zero-order valence-corrected chi connectivity index (χ0v) is 12.9. The molecule has 0 spiro atoms. The van der Waals surface area contributed by atoms with E-state index in [1.165, 1.54) is 11.1 Å². The van der Waals surface area contributed by atoms with Gasteiger partial charge in [0.2, 0.25) is 0 Å². The Morgan fingerprint density at radius 1 is 1.05 bits per heavy atom. The Kier molecular flexibility index (Phi) is 5.10. The first kappa shape index (κ1) is 15.7. The molecule has 0 amide bonds. The molecule has 21 heavy (non-hydrogen) atoms. The highest BCUT2D eigenvalue weighted by Gasteiger charge is 2.12. The van der Waals surface area contributed by atoms with Gasteiger partial charge < -0.3 is 0 Å². The Hall–Kier alpha value is -1.71. The van der Waals surface area contributed by atoms with Crippen LogP contribution in [0.15, 0.2) is 42.5 Å². The number of hydrazine groups is 1. The maximum absolute atomic E-state index is 13.7. The van der Waals surface area contributed by atoms with Crippen LogP contribution in [-0.4, -0.2) is 0 Å². The Bertz CT molecular complexity index is 591. The second-order valence-corrected chi connectivity index (χ2v) is 5.83. The van der Waals surface area contributed by atoms with Crippen molar-refractivity contribution in [2.45, 2.75) is 39.2 Å². The molecule has 3 N–H and O–H groups in total. The molecule has 2 aromatic rings. The molecule has 3 heteroatoms. The van der Waals surface area contributed by atoms with Gasteiger partial charge in [0.05, 0.1) is 6.04 Å². The largest absolute Gasteiger partial charge is 0.271 e. The van der Waals surface area contributed by atoms with E-state index in [2.05, 4.69) is 43.5 Å².